The van der Waals surface area contributed by atoms with Gasteiger partial charge in [0.15, 0.2) is 0 Å². The van der Waals surface area contributed by atoms with Gasteiger partial charge in [-0.1, -0.05) is 12.1 Å². The Hall–Kier alpha value is -2.01. The molecule has 0 radical (unpaired) electrons. The van der Waals surface area contributed by atoms with Gasteiger partial charge in [-0.15, -0.1) is 0 Å². The first-order valence-corrected chi connectivity index (χ1v) is 5.80. The van der Waals surface area contributed by atoms with Crippen LogP contribution in [0.25, 0.3) is 0 Å². The van der Waals surface area contributed by atoms with E-state index in [4.69, 9.17) is 10.5 Å². The Morgan fingerprint density at radius 1 is 1.32 bits per heavy atom. The van der Waals surface area contributed by atoms with Gasteiger partial charge in [0.2, 0.25) is 5.88 Å². The predicted octanol–water partition coefficient (Wildman–Crippen LogP) is 2.61. The molecule has 0 spiro atoms. The molecule has 5 heteroatoms. The number of ether oxygens (including phenoxy) is 1. The number of hydrogen-bond acceptors (Lipinski definition) is 3. The Balaban J connectivity index is 2.23. The van der Waals surface area contributed by atoms with Crippen LogP contribution in [0.1, 0.15) is 17.2 Å². The minimum Gasteiger partial charge on any atom is -0.481 e. The van der Waals surface area contributed by atoms with E-state index in [1.807, 2.05) is 0 Å². The highest BCUT2D eigenvalue weighted by Crippen LogP contribution is 2.24. The van der Waals surface area contributed by atoms with Crippen molar-refractivity contribution >= 4 is 0 Å². The van der Waals surface area contributed by atoms with Crippen molar-refractivity contribution in [2.24, 2.45) is 5.73 Å². The molecule has 2 rings (SSSR count). The van der Waals surface area contributed by atoms with Crippen molar-refractivity contribution in [1.29, 1.82) is 0 Å². The second-order valence-electron chi connectivity index (χ2n) is 4.15. The van der Waals surface area contributed by atoms with Crippen molar-refractivity contribution in [2.75, 3.05) is 7.11 Å². The summed E-state index contributed by atoms with van der Waals surface area (Å²) in [5, 5.41) is 0. The minimum absolute atomic E-state index is 0.244. The molecule has 0 amide bonds. The zero-order chi connectivity index (χ0) is 13.8. The summed E-state index contributed by atoms with van der Waals surface area (Å²) in [6, 6.07) is 6.50. The third kappa shape index (κ3) is 3.06. The van der Waals surface area contributed by atoms with Gasteiger partial charge in [0.1, 0.15) is 11.6 Å². The van der Waals surface area contributed by atoms with E-state index in [9.17, 15) is 8.78 Å². The third-order valence-corrected chi connectivity index (χ3v) is 2.85. The molecule has 0 aliphatic carbocycles. The minimum atomic E-state index is -0.603. The van der Waals surface area contributed by atoms with Gasteiger partial charge >= 0.3 is 0 Å². The zero-order valence-corrected chi connectivity index (χ0v) is 10.4. The van der Waals surface area contributed by atoms with Gasteiger partial charge in [-0.05, 0) is 24.1 Å². The predicted molar refractivity (Wildman–Crippen MR) is 67.8 cm³/mol. The van der Waals surface area contributed by atoms with Crippen molar-refractivity contribution in [3.8, 4) is 5.88 Å². The van der Waals surface area contributed by atoms with Crippen LogP contribution >= 0.6 is 0 Å². The first kappa shape index (κ1) is 13.4. The number of pyridine rings is 1. The number of nitrogens with two attached hydrogens (primary N) is 1. The molecule has 0 saturated heterocycles. The molecule has 1 aromatic heterocycles. The topological polar surface area (TPSA) is 48.1 Å². The number of aromatic nitrogens is 1. The molecular formula is C14H14F2N2O. The highest BCUT2D eigenvalue weighted by atomic mass is 19.1. The van der Waals surface area contributed by atoms with E-state index in [0.717, 1.165) is 6.07 Å². The van der Waals surface area contributed by atoms with E-state index in [1.54, 1.807) is 18.3 Å². The van der Waals surface area contributed by atoms with E-state index in [0.29, 0.717) is 17.0 Å². The fraction of sp³-hybridized carbons (Fsp3) is 0.214. The normalized spacial score (nSPS) is 12.2. The summed E-state index contributed by atoms with van der Waals surface area (Å²) in [5.41, 5.74) is 7.08. The molecule has 0 saturated carbocycles. The van der Waals surface area contributed by atoms with Crippen molar-refractivity contribution in [1.82, 2.24) is 4.98 Å². The SMILES string of the molecule is COc1ncccc1C(N)Cc1ccc(F)cc1F. The van der Waals surface area contributed by atoms with Gasteiger partial charge in [-0.25, -0.2) is 13.8 Å². The smallest absolute Gasteiger partial charge is 0.217 e. The summed E-state index contributed by atoms with van der Waals surface area (Å²) in [6.07, 6.45) is 1.84. The quantitative estimate of drug-likeness (QED) is 0.923. The molecule has 1 heterocycles. The average molecular weight is 264 g/mol. The number of hydrogen-bond donors (Lipinski definition) is 1. The first-order valence-electron chi connectivity index (χ1n) is 5.80. The van der Waals surface area contributed by atoms with Gasteiger partial charge < -0.3 is 10.5 Å². The van der Waals surface area contributed by atoms with Crippen LogP contribution in [-0.4, -0.2) is 12.1 Å². The fourth-order valence-corrected chi connectivity index (χ4v) is 1.89. The number of nitrogens with zero attached hydrogens (tertiary/aromatic N) is 1. The highest BCUT2D eigenvalue weighted by molar-refractivity contribution is 5.31. The molecule has 1 aromatic carbocycles. The molecule has 100 valence electrons. The largest absolute Gasteiger partial charge is 0.481 e. The van der Waals surface area contributed by atoms with Crippen LogP contribution in [0.4, 0.5) is 8.78 Å². The lowest BCUT2D eigenvalue weighted by Crippen LogP contribution is -2.15. The summed E-state index contributed by atoms with van der Waals surface area (Å²) >= 11 is 0. The van der Waals surface area contributed by atoms with Crippen LogP contribution in [-0.2, 0) is 6.42 Å². The summed E-state index contributed by atoms with van der Waals surface area (Å²) < 4.78 is 31.5. The Bertz CT molecular complexity index is 575. The zero-order valence-electron chi connectivity index (χ0n) is 10.4. The van der Waals surface area contributed by atoms with E-state index in [1.165, 1.54) is 19.2 Å². The Labute approximate surface area is 110 Å². The van der Waals surface area contributed by atoms with Crippen molar-refractivity contribution in [2.45, 2.75) is 12.5 Å². The van der Waals surface area contributed by atoms with Gasteiger partial charge in [0.25, 0.3) is 0 Å². The van der Waals surface area contributed by atoms with Crippen LogP contribution in [0.15, 0.2) is 36.5 Å². The molecule has 19 heavy (non-hydrogen) atoms. The second kappa shape index (κ2) is 5.75. The number of benzene rings is 1. The Morgan fingerprint density at radius 3 is 2.79 bits per heavy atom. The van der Waals surface area contributed by atoms with Crippen molar-refractivity contribution in [3.05, 3.63) is 59.3 Å². The highest BCUT2D eigenvalue weighted by Gasteiger charge is 2.15. The summed E-state index contributed by atoms with van der Waals surface area (Å²) in [5.74, 6) is -0.787. The van der Waals surface area contributed by atoms with Gasteiger partial charge in [0.05, 0.1) is 7.11 Å². The third-order valence-electron chi connectivity index (χ3n) is 2.85. The monoisotopic (exact) mass is 264 g/mol. The van der Waals surface area contributed by atoms with Crippen LogP contribution < -0.4 is 10.5 Å². The van der Waals surface area contributed by atoms with Crippen LogP contribution in [0.2, 0.25) is 0 Å². The standard InChI is InChI=1S/C14H14F2N2O/c1-19-14-11(3-2-6-18-14)13(17)7-9-4-5-10(15)8-12(9)16/h2-6,8,13H,7,17H2,1H3. The maximum absolute atomic E-state index is 13.6. The van der Waals surface area contributed by atoms with Gasteiger partial charge in [0, 0.05) is 23.9 Å². The van der Waals surface area contributed by atoms with Crippen LogP contribution in [0.5, 0.6) is 5.88 Å². The summed E-state index contributed by atoms with van der Waals surface area (Å²) in [6.45, 7) is 0. The molecule has 0 aliphatic heterocycles. The average Bonchev–Trinajstić information content (AvgIpc) is 2.41. The lowest BCUT2D eigenvalue weighted by Gasteiger charge is -2.15. The maximum atomic E-state index is 13.6. The van der Waals surface area contributed by atoms with Crippen LogP contribution in [0.3, 0.4) is 0 Å². The molecule has 2 aromatic rings. The molecule has 0 fully saturated rings. The molecular weight excluding hydrogens is 250 g/mol. The van der Waals surface area contributed by atoms with Gasteiger partial charge in [-0.2, -0.15) is 0 Å². The lowest BCUT2D eigenvalue weighted by atomic mass is 10.00. The van der Waals surface area contributed by atoms with E-state index in [-0.39, 0.29) is 6.42 Å². The second-order valence-corrected chi connectivity index (χ2v) is 4.15. The Kier molecular flexibility index (Phi) is 4.06. The number of methoxy groups -OCH3 is 1. The number of halogens is 2. The van der Waals surface area contributed by atoms with Crippen molar-refractivity contribution < 1.29 is 13.5 Å². The van der Waals surface area contributed by atoms with E-state index < -0.39 is 17.7 Å². The molecule has 0 bridgehead atoms. The molecule has 1 atom stereocenters. The summed E-state index contributed by atoms with van der Waals surface area (Å²) in [4.78, 5) is 4.04. The molecule has 3 nitrogen and oxygen atoms in total. The Morgan fingerprint density at radius 2 is 2.11 bits per heavy atom. The maximum Gasteiger partial charge on any atom is 0.217 e. The molecule has 1 unspecified atom stereocenters. The molecule has 0 aliphatic rings. The number of rotatable bonds is 4. The van der Waals surface area contributed by atoms with E-state index in [2.05, 4.69) is 4.98 Å². The lowest BCUT2D eigenvalue weighted by molar-refractivity contribution is 0.388. The first-order chi connectivity index (χ1) is 9.11. The van der Waals surface area contributed by atoms with Crippen LogP contribution in [0, 0.1) is 11.6 Å². The van der Waals surface area contributed by atoms with Crippen molar-refractivity contribution in [3.63, 3.8) is 0 Å². The summed E-state index contributed by atoms with van der Waals surface area (Å²) in [7, 11) is 1.50. The van der Waals surface area contributed by atoms with Gasteiger partial charge in [-0.3, -0.25) is 0 Å². The molecule has 2 N–H and O–H groups in total. The fourth-order valence-electron chi connectivity index (χ4n) is 1.89. The van der Waals surface area contributed by atoms with E-state index >= 15 is 0 Å².